The second kappa shape index (κ2) is 8.08. The molecule has 37 heavy (non-hydrogen) atoms. The zero-order chi connectivity index (χ0) is 25.4. The van der Waals surface area contributed by atoms with Crippen molar-refractivity contribution in [2.75, 3.05) is 33.9 Å². The highest BCUT2D eigenvalue weighted by molar-refractivity contribution is 5.78. The first kappa shape index (κ1) is 23.3. The Balaban J connectivity index is 1.39. The summed E-state index contributed by atoms with van der Waals surface area (Å²) >= 11 is 0. The number of benzene rings is 2. The SMILES string of the molecule is CCOC(=O)[C@H]1C[C@@]23C=CC1(OC)C1Oc4c(OC)ccc5c4[C@@]12CCN(CCc1ccccc1)[C@H]3C5. The number of rotatable bonds is 7. The molecular formula is C31H35NO5. The lowest BCUT2D eigenvalue weighted by molar-refractivity contribution is -0.223. The van der Waals surface area contributed by atoms with Crippen molar-refractivity contribution >= 4 is 5.97 Å². The van der Waals surface area contributed by atoms with Crippen LogP contribution in [0.15, 0.2) is 54.6 Å². The van der Waals surface area contributed by atoms with Crippen LogP contribution in [-0.2, 0) is 32.5 Å². The Morgan fingerprint density at radius 1 is 1.14 bits per heavy atom. The molecule has 2 unspecified atom stereocenters. The fourth-order valence-corrected chi connectivity index (χ4v) is 8.77. The average molecular weight is 502 g/mol. The van der Waals surface area contributed by atoms with Gasteiger partial charge in [0.15, 0.2) is 11.5 Å². The second-order valence-electron chi connectivity index (χ2n) is 11.3. The Labute approximate surface area is 218 Å². The average Bonchev–Trinajstić information content (AvgIpc) is 3.30. The summed E-state index contributed by atoms with van der Waals surface area (Å²) in [5.74, 6) is 1.01. The molecule has 8 rings (SSSR count). The van der Waals surface area contributed by atoms with Crippen LogP contribution in [-0.4, -0.2) is 62.5 Å². The van der Waals surface area contributed by atoms with E-state index in [2.05, 4.69) is 53.5 Å². The molecule has 2 aromatic carbocycles. The summed E-state index contributed by atoms with van der Waals surface area (Å²) in [6, 6.07) is 15.3. The van der Waals surface area contributed by atoms with Crippen molar-refractivity contribution < 1.29 is 23.7 Å². The van der Waals surface area contributed by atoms with E-state index in [0.717, 1.165) is 43.9 Å². The van der Waals surface area contributed by atoms with Crippen LogP contribution in [0.1, 0.15) is 36.5 Å². The molecule has 4 bridgehead atoms. The number of carbonyl (C=O) groups excluding carboxylic acids is 1. The summed E-state index contributed by atoms with van der Waals surface area (Å²) in [5.41, 5.74) is 2.63. The molecule has 0 radical (unpaired) electrons. The monoisotopic (exact) mass is 501 g/mol. The summed E-state index contributed by atoms with van der Waals surface area (Å²) < 4.78 is 24.7. The van der Waals surface area contributed by atoms with Gasteiger partial charge in [-0.25, -0.2) is 0 Å². The topological polar surface area (TPSA) is 57.2 Å². The smallest absolute Gasteiger partial charge is 0.312 e. The lowest BCUT2D eigenvalue weighted by atomic mass is 9.37. The van der Waals surface area contributed by atoms with Crippen molar-refractivity contribution in [3.63, 3.8) is 0 Å². The molecule has 2 aromatic rings. The van der Waals surface area contributed by atoms with E-state index >= 15 is 0 Å². The van der Waals surface area contributed by atoms with Crippen molar-refractivity contribution in [3.8, 4) is 11.5 Å². The van der Waals surface area contributed by atoms with E-state index in [9.17, 15) is 4.79 Å². The van der Waals surface area contributed by atoms with Gasteiger partial charge < -0.3 is 18.9 Å². The van der Waals surface area contributed by atoms with Gasteiger partial charge >= 0.3 is 5.97 Å². The number of fused-ring (bicyclic) bond motifs is 1. The minimum atomic E-state index is -0.872. The third kappa shape index (κ3) is 2.75. The highest BCUT2D eigenvalue weighted by Crippen LogP contribution is 2.74. The van der Waals surface area contributed by atoms with Crippen molar-refractivity contribution in [1.82, 2.24) is 4.90 Å². The molecule has 4 aliphatic carbocycles. The van der Waals surface area contributed by atoms with Crippen molar-refractivity contribution in [2.24, 2.45) is 11.3 Å². The van der Waals surface area contributed by atoms with E-state index in [1.165, 1.54) is 16.7 Å². The van der Waals surface area contributed by atoms with Crippen LogP contribution in [0.3, 0.4) is 0 Å². The van der Waals surface area contributed by atoms with E-state index in [1.807, 2.05) is 13.0 Å². The van der Waals surface area contributed by atoms with Gasteiger partial charge in [-0.05, 0) is 56.3 Å². The molecule has 2 spiro atoms. The Morgan fingerprint density at radius 2 is 1.97 bits per heavy atom. The molecule has 2 heterocycles. The lowest BCUT2D eigenvalue weighted by Gasteiger charge is -2.70. The van der Waals surface area contributed by atoms with Crippen LogP contribution in [0, 0.1) is 11.3 Å². The zero-order valence-electron chi connectivity index (χ0n) is 21.9. The molecule has 6 aliphatic rings. The number of carbonyl (C=O) groups is 1. The number of likely N-dealkylation sites (tertiary alicyclic amines) is 1. The summed E-state index contributed by atoms with van der Waals surface area (Å²) in [5, 5.41) is 0. The van der Waals surface area contributed by atoms with Gasteiger partial charge in [-0.1, -0.05) is 48.6 Å². The second-order valence-corrected chi connectivity index (χ2v) is 11.3. The number of nitrogens with zero attached hydrogens (tertiary/aromatic N) is 1. The zero-order valence-corrected chi connectivity index (χ0v) is 21.9. The van der Waals surface area contributed by atoms with Gasteiger partial charge in [0.25, 0.3) is 0 Å². The standard InChI is InChI=1S/C31H35NO5/c1-4-36-27(33)22-19-29-13-14-31(22,35-3)28-30(29)15-17-32(16-12-20-8-6-5-7-9-20)24(29)18-21-10-11-23(34-2)26(37-28)25(21)30/h5-11,13-14,22,24,28H,4,12,15-19H2,1-3H3/t22-,24+,28?,29-,30+,31?/m1/s1. The van der Waals surface area contributed by atoms with Crippen LogP contribution < -0.4 is 9.47 Å². The molecule has 2 aliphatic heterocycles. The predicted molar refractivity (Wildman–Crippen MR) is 139 cm³/mol. The molecule has 0 aromatic heterocycles. The third-order valence-electron chi connectivity index (χ3n) is 10.2. The highest BCUT2D eigenvalue weighted by Gasteiger charge is 2.80. The van der Waals surface area contributed by atoms with E-state index in [4.69, 9.17) is 18.9 Å². The van der Waals surface area contributed by atoms with E-state index in [1.54, 1.807) is 14.2 Å². The molecule has 194 valence electrons. The molecule has 1 saturated carbocycles. The van der Waals surface area contributed by atoms with Crippen LogP contribution in [0.25, 0.3) is 0 Å². The molecule has 6 atom stereocenters. The predicted octanol–water partition coefficient (Wildman–Crippen LogP) is 4.09. The van der Waals surface area contributed by atoms with E-state index < -0.39 is 11.5 Å². The van der Waals surface area contributed by atoms with Gasteiger partial charge in [-0.15, -0.1) is 0 Å². The van der Waals surface area contributed by atoms with Crippen molar-refractivity contribution in [3.05, 3.63) is 71.3 Å². The van der Waals surface area contributed by atoms with E-state index in [0.29, 0.717) is 13.0 Å². The molecule has 0 N–H and O–H groups in total. The highest BCUT2D eigenvalue weighted by atomic mass is 16.6. The fraction of sp³-hybridized carbons (Fsp3) is 0.516. The number of esters is 1. The minimum absolute atomic E-state index is 0.186. The van der Waals surface area contributed by atoms with Crippen LogP contribution >= 0.6 is 0 Å². The Morgan fingerprint density at radius 3 is 2.73 bits per heavy atom. The first-order chi connectivity index (χ1) is 18.0. The van der Waals surface area contributed by atoms with Crippen molar-refractivity contribution in [2.45, 2.75) is 55.8 Å². The summed E-state index contributed by atoms with van der Waals surface area (Å²) in [7, 11) is 3.42. The maximum atomic E-state index is 13.5. The molecule has 0 amide bonds. The number of hydrogen-bond acceptors (Lipinski definition) is 6. The molecule has 2 fully saturated rings. The Bertz CT molecular complexity index is 1280. The van der Waals surface area contributed by atoms with Gasteiger partial charge in [0, 0.05) is 30.7 Å². The van der Waals surface area contributed by atoms with Crippen molar-refractivity contribution in [1.29, 1.82) is 0 Å². The minimum Gasteiger partial charge on any atom is -0.493 e. The van der Waals surface area contributed by atoms with Gasteiger partial charge in [-0.2, -0.15) is 0 Å². The maximum Gasteiger partial charge on any atom is 0.312 e. The molecule has 6 heteroatoms. The first-order valence-corrected chi connectivity index (χ1v) is 13.6. The first-order valence-electron chi connectivity index (χ1n) is 13.6. The molecule has 1 saturated heterocycles. The van der Waals surface area contributed by atoms with Gasteiger partial charge in [-0.3, -0.25) is 9.69 Å². The summed E-state index contributed by atoms with van der Waals surface area (Å²) in [6.45, 7) is 4.21. The normalized spacial score (nSPS) is 36.1. The van der Waals surface area contributed by atoms with Gasteiger partial charge in [0.05, 0.1) is 25.0 Å². The number of methoxy groups -OCH3 is 2. The number of hydrogen-bond donors (Lipinski definition) is 0. The molecule has 6 nitrogen and oxygen atoms in total. The summed E-state index contributed by atoms with van der Waals surface area (Å²) in [6.07, 6.45) is 7.86. The largest absolute Gasteiger partial charge is 0.493 e. The van der Waals surface area contributed by atoms with Gasteiger partial charge in [0.1, 0.15) is 11.7 Å². The maximum absolute atomic E-state index is 13.5. The lowest BCUT2D eigenvalue weighted by Crippen LogP contribution is -2.79. The van der Waals surface area contributed by atoms with Crippen LogP contribution in [0.4, 0.5) is 0 Å². The molecular weight excluding hydrogens is 466 g/mol. The van der Waals surface area contributed by atoms with E-state index in [-0.39, 0.29) is 28.9 Å². The number of piperidine rings is 1. The third-order valence-corrected chi connectivity index (χ3v) is 10.2. The Kier molecular flexibility index (Phi) is 5.09. The quantitative estimate of drug-likeness (QED) is 0.421. The Hall–Kier alpha value is -2.83. The van der Waals surface area contributed by atoms with Crippen LogP contribution in [0.5, 0.6) is 11.5 Å². The number of ether oxygens (including phenoxy) is 4. The fourth-order valence-electron chi connectivity index (χ4n) is 8.77. The van der Waals surface area contributed by atoms with Crippen LogP contribution in [0.2, 0.25) is 0 Å². The van der Waals surface area contributed by atoms with Gasteiger partial charge in [0.2, 0.25) is 0 Å². The summed E-state index contributed by atoms with van der Waals surface area (Å²) in [4.78, 5) is 16.2.